The van der Waals surface area contributed by atoms with Gasteiger partial charge in [0.15, 0.2) is 0 Å². The predicted molar refractivity (Wildman–Crippen MR) is 73.0 cm³/mol. The first kappa shape index (κ1) is 13.8. The molecule has 0 saturated heterocycles. The summed E-state index contributed by atoms with van der Waals surface area (Å²) < 4.78 is 5.41. The summed E-state index contributed by atoms with van der Waals surface area (Å²) in [6, 6.07) is 5.52. The Bertz CT molecular complexity index is 780. The Morgan fingerprint density at radius 2 is 2.00 bits per heavy atom. The van der Waals surface area contributed by atoms with E-state index in [-0.39, 0.29) is 12.2 Å². The molecule has 0 fully saturated rings. The number of rotatable bonds is 6. The Hall–Kier alpha value is -3.16. The van der Waals surface area contributed by atoms with Gasteiger partial charge in [-0.15, -0.1) is 10.2 Å². The van der Waals surface area contributed by atoms with Gasteiger partial charge in [0.2, 0.25) is 11.6 Å². The number of aromatic amines is 1. The number of ketones is 2. The van der Waals surface area contributed by atoms with Crippen molar-refractivity contribution in [2.45, 2.75) is 12.8 Å². The summed E-state index contributed by atoms with van der Waals surface area (Å²) in [5.74, 6) is -0.908. The highest BCUT2D eigenvalue weighted by Crippen LogP contribution is 2.14. The fourth-order valence-electron chi connectivity index (χ4n) is 1.96. The van der Waals surface area contributed by atoms with E-state index < -0.39 is 11.6 Å². The minimum Gasteiger partial charge on any atom is -0.469 e. The largest absolute Gasteiger partial charge is 0.469 e. The van der Waals surface area contributed by atoms with Crippen molar-refractivity contribution in [2.75, 3.05) is 0 Å². The zero-order valence-electron chi connectivity index (χ0n) is 11.4. The lowest BCUT2D eigenvalue weighted by Crippen LogP contribution is -2.18. The number of H-pyrrole nitrogens is 1. The molecule has 0 amide bonds. The number of carbonyl (C=O) groups excluding carboxylic acids is 2. The van der Waals surface area contributed by atoms with Crippen LogP contribution in [-0.4, -0.2) is 37.2 Å². The molecule has 3 heterocycles. The average molecular weight is 297 g/mol. The highest BCUT2D eigenvalue weighted by atomic mass is 16.3. The molecule has 0 unspecified atom stereocenters. The molecule has 8 heteroatoms. The average Bonchev–Trinajstić information content (AvgIpc) is 3.19. The van der Waals surface area contributed by atoms with E-state index in [0.717, 1.165) is 5.56 Å². The molecule has 0 aliphatic heterocycles. The second-order valence-corrected chi connectivity index (χ2v) is 4.62. The smallest absolute Gasteiger partial charge is 0.269 e. The van der Waals surface area contributed by atoms with Crippen molar-refractivity contribution in [3.63, 3.8) is 0 Å². The molecule has 0 spiro atoms. The number of hydrogen-bond acceptors (Lipinski definition) is 7. The van der Waals surface area contributed by atoms with Gasteiger partial charge in [0.05, 0.1) is 6.26 Å². The van der Waals surface area contributed by atoms with Crippen molar-refractivity contribution in [1.29, 1.82) is 0 Å². The van der Waals surface area contributed by atoms with Crippen LogP contribution in [-0.2, 0) is 17.6 Å². The monoisotopic (exact) mass is 297 g/mol. The number of furan rings is 1. The molecule has 0 bridgehead atoms. The fraction of sp³-hybridized carbons (Fsp3) is 0.143. The van der Waals surface area contributed by atoms with Crippen LogP contribution in [0.25, 0.3) is 0 Å². The summed E-state index contributed by atoms with van der Waals surface area (Å²) in [5, 5.41) is 12.4. The van der Waals surface area contributed by atoms with Gasteiger partial charge in [-0.25, -0.2) is 0 Å². The second-order valence-electron chi connectivity index (χ2n) is 4.62. The highest BCUT2D eigenvalue weighted by Gasteiger charge is 2.21. The Balaban J connectivity index is 1.64. The summed E-state index contributed by atoms with van der Waals surface area (Å²) in [6.45, 7) is 0. The van der Waals surface area contributed by atoms with Gasteiger partial charge in [0, 0.05) is 25.2 Å². The molecular weight excluding hydrogens is 286 g/mol. The molecular formula is C14H11N5O3. The maximum atomic E-state index is 11.9. The first-order valence-electron chi connectivity index (χ1n) is 6.48. The number of aromatic nitrogens is 5. The number of Topliss-reactive ketones (excluding diaryl/α,β-unsaturated/α-hetero) is 2. The van der Waals surface area contributed by atoms with E-state index >= 15 is 0 Å². The molecule has 0 atom stereocenters. The molecule has 3 aromatic heterocycles. The molecule has 0 aliphatic carbocycles. The van der Waals surface area contributed by atoms with Crippen molar-refractivity contribution in [2.24, 2.45) is 0 Å². The molecule has 0 radical (unpaired) electrons. The third-order valence-electron chi connectivity index (χ3n) is 3.00. The molecule has 0 aliphatic rings. The van der Waals surface area contributed by atoms with E-state index in [9.17, 15) is 9.59 Å². The van der Waals surface area contributed by atoms with Gasteiger partial charge < -0.3 is 4.42 Å². The quantitative estimate of drug-likeness (QED) is 0.528. The topological polar surface area (TPSA) is 115 Å². The van der Waals surface area contributed by atoms with Gasteiger partial charge in [-0.1, -0.05) is 0 Å². The van der Waals surface area contributed by atoms with Crippen LogP contribution in [0.1, 0.15) is 27.5 Å². The minimum absolute atomic E-state index is 0.0623. The molecule has 0 aromatic carbocycles. The minimum atomic E-state index is -0.773. The molecule has 110 valence electrons. The third-order valence-corrected chi connectivity index (χ3v) is 3.00. The lowest BCUT2D eigenvalue weighted by atomic mass is 10.1. The molecule has 8 nitrogen and oxygen atoms in total. The summed E-state index contributed by atoms with van der Waals surface area (Å²) in [6.07, 6.45) is 5.40. The van der Waals surface area contributed by atoms with Crippen molar-refractivity contribution in [3.05, 3.63) is 59.6 Å². The second kappa shape index (κ2) is 6.08. The van der Waals surface area contributed by atoms with E-state index in [2.05, 4.69) is 25.6 Å². The van der Waals surface area contributed by atoms with E-state index in [1.54, 1.807) is 18.5 Å². The number of hydrogen-bond donors (Lipinski definition) is 1. The zero-order chi connectivity index (χ0) is 15.4. The first-order valence-corrected chi connectivity index (χ1v) is 6.48. The maximum absolute atomic E-state index is 11.9. The number of tetrazole rings is 1. The van der Waals surface area contributed by atoms with E-state index in [4.69, 9.17) is 4.42 Å². The highest BCUT2D eigenvalue weighted by molar-refractivity contribution is 6.43. The van der Waals surface area contributed by atoms with Gasteiger partial charge in [-0.2, -0.15) is 5.21 Å². The van der Waals surface area contributed by atoms with E-state index in [0.29, 0.717) is 17.7 Å². The van der Waals surface area contributed by atoms with Gasteiger partial charge in [0.1, 0.15) is 5.76 Å². The number of pyridine rings is 1. The Morgan fingerprint density at radius 1 is 1.18 bits per heavy atom. The SMILES string of the molecule is O=C(Cc1coc(Cc2ccncc2)c1)C(=O)c1nn[nH]n1. The van der Waals surface area contributed by atoms with Gasteiger partial charge in [-0.05, 0) is 34.5 Å². The molecule has 0 saturated carbocycles. The summed E-state index contributed by atoms with van der Waals surface area (Å²) in [5.41, 5.74) is 1.68. The molecule has 22 heavy (non-hydrogen) atoms. The van der Waals surface area contributed by atoms with Crippen LogP contribution in [0.5, 0.6) is 0 Å². The fourth-order valence-corrected chi connectivity index (χ4v) is 1.96. The Kier molecular flexibility index (Phi) is 3.82. The molecule has 1 N–H and O–H groups in total. The summed E-state index contributed by atoms with van der Waals surface area (Å²) in [7, 11) is 0. The number of carbonyl (C=O) groups is 2. The van der Waals surface area contributed by atoms with Crippen LogP contribution in [0.4, 0.5) is 0 Å². The molecule has 3 aromatic rings. The number of nitrogens with one attached hydrogen (secondary N) is 1. The van der Waals surface area contributed by atoms with Crippen molar-refractivity contribution < 1.29 is 14.0 Å². The van der Waals surface area contributed by atoms with Gasteiger partial charge in [-0.3, -0.25) is 14.6 Å². The maximum Gasteiger partial charge on any atom is 0.269 e. The van der Waals surface area contributed by atoms with Crippen LogP contribution in [0.15, 0.2) is 41.3 Å². The van der Waals surface area contributed by atoms with E-state index in [1.165, 1.54) is 6.26 Å². The lowest BCUT2D eigenvalue weighted by Gasteiger charge is -1.95. The lowest BCUT2D eigenvalue weighted by molar-refractivity contribution is -0.114. The van der Waals surface area contributed by atoms with Crippen LogP contribution < -0.4 is 0 Å². The van der Waals surface area contributed by atoms with Crippen molar-refractivity contribution in [1.82, 2.24) is 25.6 Å². The van der Waals surface area contributed by atoms with Crippen LogP contribution in [0.3, 0.4) is 0 Å². The zero-order valence-corrected chi connectivity index (χ0v) is 11.4. The first-order chi connectivity index (χ1) is 10.7. The van der Waals surface area contributed by atoms with Gasteiger partial charge in [0.25, 0.3) is 5.78 Å². The standard InChI is InChI=1S/C14H11N5O3/c20-12(13(21)14-16-18-19-17-14)7-10-6-11(22-8-10)5-9-1-3-15-4-2-9/h1-4,6,8H,5,7H2,(H,16,17,18,19). The summed E-state index contributed by atoms with van der Waals surface area (Å²) >= 11 is 0. The van der Waals surface area contributed by atoms with Crippen LogP contribution in [0.2, 0.25) is 0 Å². The van der Waals surface area contributed by atoms with Crippen LogP contribution in [0, 0.1) is 0 Å². The number of nitrogens with zero attached hydrogens (tertiary/aromatic N) is 4. The Morgan fingerprint density at radius 3 is 2.73 bits per heavy atom. The van der Waals surface area contributed by atoms with E-state index in [1.807, 2.05) is 12.1 Å². The summed E-state index contributed by atoms with van der Waals surface area (Å²) in [4.78, 5) is 27.5. The van der Waals surface area contributed by atoms with Crippen molar-refractivity contribution >= 4 is 11.6 Å². The molecule has 3 rings (SSSR count). The Labute approximate surface area is 124 Å². The van der Waals surface area contributed by atoms with Crippen LogP contribution >= 0.6 is 0 Å². The van der Waals surface area contributed by atoms with Crippen molar-refractivity contribution in [3.8, 4) is 0 Å². The van der Waals surface area contributed by atoms with Gasteiger partial charge >= 0.3 is 0 Å². The third kappa shape index (κ3) is 3.11. The predicted octanol–water partition coefficient (Wildman–Crippen LogP) is 0.773. The normalized spacial score (nSPS) is 10.5.